The molecule has 3 aliphatic rings. The van der Waals surface area contributed by atoms with Crippen LogP contribution in [0.5, 0.6) is 0 Å². The molecule has 0 heterocycles. The van der Waals surface area contributed by atoms with Crippen molar-refractivity contribution in [1.82, 2.24) is 0 Å². The van der Waals surface area contributed by atoms with E-state index >= 15 is 0 Å². The molecule has 3 saturated carbocycles. The van der Waals surface area contributed by atoms with Crippen LogP contribution in [0.4, 0.5) is 0 Å². The quantitative estimate of drug-likeness (QED) is 0.449. The van der Waals surface area contributed by atoms with Crippen molar-refractivity contribution >= 4 is 0 Å². The van der Waals surface area contributed by atoms with Crippen LogP contribution in [0, 0.1) is 65.1 Å². The molecule has 0 heteroatoms. The highest BCUT2D eigenvalue weighted by Crippen LogP contribution is 2.64. The van der Waals surface area contributed by atoms with Gasteiger partial charge in [-0.2, -0.15) is 0 Å². The Hall–Kier alpha value is 0. The van der Waals surface area contributed by atoms with Crippen molar-refractivity contribution in [1.29, 1.82) is 0 Å². The second-order valence-electron chi connectivity index (χ2n) is 11.2. The first kappa shape index (κ1) is 20.7. The Morgan fingerprint density at radius 1 is 0.769 bits per heavy atom. The molecular formula is C26H48. The topological polar surface area (TPSA) is 0 Å². The molecule has 0 bridgehead atoms. The van der Waals surface area contributed by atoms with Gasteiger partial charge in [0.2, 0.25) is 0 Å². The van der Waals surface area contributed by atoms with Gasteiger partial charge in [0.25, 0.3) is 0 Å². The molecule has 0 radical (unpaired) electrons. The van der Waals surface area contributed by atoms with Crippen LogP contribution in [0.3, 0.4) is 0 Å². The van der Waals surface area contributed by atoms with Crippen molar-refractivity contribution in [2.24, 2.45) is 65.1 Å². The van der Waals surface area contributed by atoms with Gasteiger partial charge in [0.1, 0.15) is 0 Å². The van der Waals surface area contributed by atoms with Crippen LogP contribution in [0.2, 0.25) is 0 Å². The summed E-state index contributed by atoms with van der Waals surface area (Å²) in [7, 11) is 0. The SMILES string of the molecule is CCCCC1C2C(CCC)CC(C)C3C(C)C3C(C)CCC(C(C)C)C12. The summed E-state index contributed by atoms with van der Waals surface area (Å²) in [6, 6.07) is 0. The lowest BCUT2D eigenvalue weighted by Crippen LogP contribution is -2.17. The first-order valence-electron chi connectivity index (χ1n) is 12.4. The van der Waals surface area contributed by atoms with Gasteiger partial charge in [-0.05, 0) is 84.4 Å². The minimum absolute atomic E-state index is 0.884. The standard InChI is InChI=1S/C26H48/c1-8-10-12-22-25-20(11-9-2)15-18(6)24-19(7)23(24)17(5)13-14-21(16(3)4)26(22)25/h16-26H,8-15H2,1-7H3. The van der Waals surface area contributed by atoms with Crippen LogP contribution in [0.15, 0.2) is 0 Å². The second-order valence-corrected chi connectivity index (χ2v) is 11.2. The lowest BCUT2D eigenvalue weighted by Gasteiger charge is -2.25. The number of hydrogen-bond acceptors (Lipinski definition) is 0. The monoisotopic (exact) mass is 360 g/mol. The van der Waals surface area contributed by atoms with Gasteiger partial charge in [0.05, 0.1) is 0 Å². The number of hydrogen-bond donors (Lipinski definition) is 0. The smallest absolute Gasteiger partial charge is 0.0318 e. The van der Waals surface area contributed by atoms with E-state index in [0.29, 0.717) is 0 Å². The maximum atomic E-state index is 2.62. The van der Waals surface area contributed by atoms with E-state index in [1.807, 2.05) is 0 Å². The predicted molar refractivity (Wildman–Crippen MR) is 115 cm³/mol. The zero-order valence-electron chi connectivity index (χ0n) is 19.0. The number of fused-ring (bicyclic) bond motifs is 2. The second kappa shape index (κ2) is 8.57. The highest BCUT2D eigenvalue weighted by atomic mass is 14.6. The summed E-state index contributed by atoms with van der Waals surface area (Å²) in [6.45, 7) is 17.6. The predicted octanol–water partition coefficient (Wildman–Crippen LogP) is 8.07. The van der Waals surface area contributed by atoms with Crippen LogP contribution in [0.1, 0.15) is 99.8 Å². The third-order valence-electron chi connectivity index (χ3n) is 9.20. The normalized spacial score (nSPS) is 48.5. The highest BCUT2D eigenvalue weighted by Gasteiger charge is 2.58. The van der Waals surface area contributed by atoms with E-state index in [0.717, 1.165) is 65.1 Å². The van der Waals surface area contributed by atoms with Gasteiger partial charge in [-0.25, -0.2) is 0 Å². The van der Waals surface area contributed by atoms with Crippen molar-refractivity contribution in [2.75, 3.05) is 0 Å². The zero-order chi connectivity index (χ0) is 19.0. The molecule has 3 fully saturated rings. The third-order valence-corrected chi connectivity index (χ3v) is 9.20. The summed E-state index contributed by atoms with van der Waals surface area (Å²) in [5, 5.41) is 0. The summed E-state index contributed by atoms with van der Waals surface area (Å²) in [5.41, 5.74) is 0. The molecule has 0 aromatic rings. The molecule has 10 unspecified atom stereocenters. The van der Waals surface area contributed by atoms with E-state index in [1.165, 1.54) is 44.9 Å². The first-order valence-corrected chi connectivity index (χ1v) is 12.4. The lowest BCUT2D eigenvalue weighted by atomic mass is 9.80. The van der Waals surface area contributed by atoms with Gasteiger partial charge in [0, 0.05) is 0 Å². The Morgan fingerprint density at radius 3 is 2.08 bits per heavy atom. The van der Waals surface area contributed by atoms with Crippen LogP contribution < -0.4 is 0 Å². The fraction of sp³-hybridized carbons (Fsp3) is 1.00. The molecule has 3 aliphatic carbocycles. The highest BCUT2D eigenvalue weighted by molar-refractivity contribution is 5.07. The van der Waals surface area contributed by atoms with Gasteiger partial charge in [-0.3, -0.25) is 0 Å². The molecule has 0 aromatic carbocycles. The molecule has 0 aliphatic heterocycles. The Kier molecular flexibility index (Phi) is 6.83. The Balaban J connectivity index is 1.82. The van der Waals surface area contributed by atoms with Crippen molar-refractivity contribution in [3.63, 3.8) is 0 Å². The van der Waals surface area contributed by atoms with Gasteiger partial charge >= 0.3 is 0 Å². The summed E-state index contributed by atoms with van der Waals surface area (Å²) < 4.78 is 0. The molecule has 0 saturated heterocycles. The van der Waals surface area contributed by atoms with Gasteiger partial charge in [-0.1, -0.05) is 80.6 Å². The molecule has 3 rings (SSSR count). The number of rotatable bonds is 6. The lowest BCUT2D eigenvalue weighted by molar-refractivity contribution is 0.245. The maximum Gasteiger partial charge on any atom is -0.0318 e. The molecule has 0 nitrogen and oxygen atoms in total. The van der Waals surface area contributed by atoms with Gasteiger partial charge in [0.15, 0.2) is 0 Å². The van der Waals surface area contributed by atoms with Crippen LogP contribution in [-0.4, -0.2) is 0 Å². The molecule has 26 heavy (non-hydrogen) atoms. The van der Waals surface area contributed by atoms with Crippen molar-refractivity contribution < 1.29 is 0 Å². The fourth-order valence-corrected chi connectivity index (χ4v) is 7.93. The Morgan fingerprint density at radius 2 is 1.46 bits per heavy atom. The molecule has 0 spiro atoms. The van der Waals surface area contributed by atoms with Crippen molar-refractivity contribution in [3.05, 3.63) is 0 Å². The molecule has 152 valence electrons. The van der Waals surface area contributed by atoms with E-state index in [2.05, 4.69) is 48.5 Å². The molecular weight excluding hydrogens is 312 g/mol. The van der Waals surface area contributed by atoms with Crippen molar-refractivity contribution in [2.45, 2.75) is 99.8 Å². The average Bonchev–Trinajstić information content (AvgIpc) is 3.46. The Labute approximate surface area is 165 Å². The summed E-state index contributed by atoms with van der Waals surface area (Å²) in [6.07, 6.45) is 11.8. The minimum Gasteiger partial charge on any atom is -0.0654 e. The number of unbranched alkanes of at least 4 members (excludes halogenated alkanes) is 1. The van der Waals surface area contributed by atoms with E-state index in [-0.39, 0.29) is 0 Å². The average molecular weight is 361 g/mol. The van der Waals surface area contributed by atoms with Crippen molar-refractivity contribution in [3.8, 4) is 0 Å². The van der Waals surface area contributed by atoms with Gasteiger partial charge < -0.3 is 0 Å². The molecule has 0 aromatic heterocycles. The third kappa shape index (κ3) is 4.05. The van der Waals surface area contributed by atoms with Gasteiger partial charge in [-0.15, -0.1) is 0 Å². The minimum atomic E-state index is 0.884. The Bertz CT molecular complexity index is 437. The van der Waals surface area contributed by atoms with E-state index < -0.39 is 0 Å². The van der Waals surface area contributed by atoms with E-state index in [4.69, 9.17) is 0 Å². The molecule has 10 atom stereocenters. The van der Waals surface area contributed by atoms with Crippen LogP contribution in [0.25, 0.3) is 0 Å². The van der Waals surface area contributed by atoms with E-state index in [9.17, 15) is 0 Å². The summed E-state index contributed by atoms with van der Waals surface area (Å²) in [4.78, 5) is 0. The maximum absolute atomic E-state index is 2.62. The fourth-order valence-electron chi connectivity index (χ4n) is 7.93. The first-order chi connectivity index (χ1) is 12.4. The summed E-state index contributed by atoms with van der Waals surface area (Å²) >= 11 is 0. The van der Waals surface area contributed by atoms with Crippen LogP contribution >= 0.6 is 0 Å². The molecule has 0 N–H and O–H groups in total. The van der Waals surface area contributed by atoms with E-state index in [1.54, 1.807) is 6.42 Å². The molecule has 0 amide bonds. The summed E-state index contributed by atoms with van der Waals surface area (Å²) in [5.74, 6) is 11.2. The van der Waals surface area contributed by atoms with Crippen LogP contribution in [-0.2, 0) is 0 Å². The zero-order valence-corrected chi connectivity index (χ0v) is 19.0. The largest absolute Gasteiger partial charge is 0.0654 e.